The molecule has 3 atom stereocenters. The number of aryl methyl sites for hydroxylation is 2. The van der Waals surface area contributed by atoms with E-state index in [9.17, 15) is 18.0 Å². The maximum Gasteiger partial charge on any atom is 0.253 e. The van der Waals surface area contributed by atoms with E-state index in [1.165, 1.54) is 0 Å². The van der Waals surface area contributed by atoms with Crippen LogP contribution in [0.25, 0.3) is 5.65 Å². The van der Waals surface area contributed by atoms with Crippen LogP contribution in [0.1, 0.15) is 62.0 Å². The number of anilines is 1. The molecule has 226 valence electrons. The molecule has 0 spiro atoms. The van der Waals surface area contributed by atoms with Crippen molar-refractivity contribution in [1.82, 2.24) is 24.8 Å². The quantitative estimate of drug-likeness (QED) is 0.383. The molecule has 5 rings (SSSR count). The van der Waals surface area contributed by atoms with Crippen molar-refractivity contribution in [2.75, 3.05) is 36.5 Å². The summed E-state index contributed by atoms with van der Waals surface area (Å²) in [6.07, 6.45) is 3.78. The fourth-order valence-electron chi connectivity index (χ4n) is 6.26. The molecule has 2 amide bonds. The van der Waals surface area contributed by atoms with E-state index < -0.39 is 33.1 Å². The molecule has 1 fully saturated rings. The van der Waals surface area contributed by atoms with Crippen LogP contribution >= 0.6 is 0 Å². The molecular weight excluding hydrogens is 554 g/mol. The molecule has 3 heterocycles. The van der Waals surface area contributed by atoms with Crippen molar-refractivity contribution < 1.29 is 18.0 Å². The maximum absolute atomic E-state index is 14.3. The van der Waals surface area contributed by atoms with Crippen LogP contribution in [0, 0.1) is 12.8 Å². The number of sulfone groups is 1. The Bertz CT molecular complexity index is 1620. The molecule has 3 N–H and O–H groups in total. The highest BCUT2D eigenvalue weighted by molar-refractivity contribution is 7.92. The van der Waals surface area contributed by atoms with Crippen molar-refractivity contribution in [1.29, 1.82) is 0 Å². The lowest BCUT2D eigenvalue weighted by Gasteiger charge is -2.36. The molecule has 1 saturated heterocycles. The molecule has 1 aliphatic carbocycles. The number of amides is 2. The van der Waals surface area contributed by atoms with Gasteiger partial charge in [0.15, 0.2) is 15.5 Å². The largest absolute Gasteiger partial charge is 0.355 e. The van der Waals surface area contributed by atoms with Gasteiger partial charge in [0.05, 0.1) is 17.5 Å². The number of nitrogens with one attached hydrogen (secondary N) is 1. The second kappa shape index (κ2) is 11.3. The molecule has 11 nitrogen and oxygen atoms in total. The van der Waals surface area contributed by atoms with Gasteiger partial charge in [-0.3, -0.25) is 9.59 Å². The topological polar surface area (TPSA) is 143 Å². The van der Waals surface area contributed by atoms with Gasteiger partial charge in [0.2, 0.25) is 5.91 Å². The number of likely N-dealkylation sites (N-methyl/N-ethyl adjacent to an activating group) is 1. The number of aromatic nitrogens is 3. The molecule has 12 heteroatoms. The standard InChI is InChI=1S/C30H41N7O4S/c1-19(2)17-42(40,41)18-27(38)33-30(12-10-22-8-6-7-9-24(22)30)29(39)35(5)21(4)25-14-26-32-28(20(3)15-37(26)34-25)36-13-11-23(31)16-36/h6-9,14-15,19,21,23H,10-13,16-18,31H2,1-5H3,(H,33,38)/t21-,23-,30?/m0/s1. The number of rotatable bonds is 9. The van der Waals surface area contributed by atoms with Gasteiger partial charge in [-0.25, -0.2) is 17.9 Å². The van der Waals surface area contributed by atoms with Crippen LogP contribution in [0.4, 0.5) is 5.82 Å². The number of carbonyl (C=O) groups is 2. The van der Waals surface area contributed by atoms with Crippen LogP contribution in [0.5, 0.6) is 0 Å². The highest BCUT2D eigenvalue weighted by atomic mass is 32.2. The number of benzene rings is 1. The maximum atomic E-state index is 14.3. The van der Waals surface area contributed by atoms with Crippen LogP contribution in [-0.2, 0) is 31.4 Å². The summed E-state index contributed by atoms with van der Waals surface area (Å²) in [7, 11) is -1.94. The van der Waals surface area contributed by atoms with Crippen molar-refractivity contribution in [3.05, 3.63) is 58.9 Å². The number of hydrogen-bond acceptors (Lipinski definition) is 8. The highest BCUT2D eigenvalue weighted by Gasteiger charge is 2.49. The van der Waals surface area contributed by atoms with Crippen LogP contribution < -0.4 is 16.0 Å². The Labute approximate surface area is 247 Å². The van der Waals surface area contributed by atoms with Gasteiger partial charge in [-0.05, 0) is 50.2 Å². The van der Waals surface area contributed by atoms with Gasteiger partial charge in [0.1, 0.15) is 17.1 Å². The third kappa shape index (κ3) is 5.74. The Hall–Kier alpha value is -3.51. The first-order chi connectivity index (χ1) is 19.8. The molecule has 0 saturated carbocycles. The number of carbonyl (C=O) groups excluding carboxylic acids is 2. The Kier molecular flexibility index (Phi) is 8.06. The third-order valence-corrected chi connectivity index (χ3v) is 10.3. The Morgan fingerprint density at radius 1 is 1.24 bits per heavy atom. The predicted octanol–water partition coefficient (Wildman–Crippen LogP) is 2.12. The van der Waals surface area contributed by atoms with Crippen molar-refractivity contribution in [2.45, 2.75) is 64.6 Å². The van der Waals surface area contributed by atoms with Crippen LogP contribution in [0.2, 0.25) is 0 Å². The Morgan fingerprint density at radius 2 is 1.98 bits per heavy atom. The SMILES string of the molecule is Cc1cn2nc([C@H](C)N(C)C(=O)C3(NC(=O)CS(=O)(=O)CC(C)C)CCc4ccccc43)cc2nc1N1CC[C@H](N)C1. The second-order valence-corrected chi connectivity index (χ2v) is 14.4. The monoisotopic (exact) mass is 595 g/mol. The normalized spacial score (nSPS) is 21.1. The summed E-state index contributed by atoms with van der Waals surface area (Å²) in [5.41, 5.74) is 8.71. The van der Waals surface area contributed by atoms with Crippen LogP contribution in [0.15, 0.2) is 36.5 Å². The van der Waals surface area contributed by atoms with E-state index in [1.54, 1.807) is 30.3 Å². The van der Waals surface area contributed by atoms with E-state index in [1.807, 2.05) is 50.4 Å². The van der Waals surface area contributed by atoms with Gasteiger partial charge < -0.3 is 20.9 Å². The van der Waals surface area contributed by atoms with E-state index in [2.05, 4.69) is 10.2 Å². The fraction of sp³-hybridized carbons (Fsp3) is 0.533. The van der Waals surface area contributed by atoms with Gasteiger partial charge in [0, 0.05) is 44.0 Å². The average Bonchev–Trinajstić information content (AvgIpc) is 3.63. The zero-order valence-electron chi connectivity index (χ0n) is 25.0. The molecule has 1 aliphatic heterocycles. The lowest BCUT2D eigenvalue weighted by molar-refractivity contribution is -0.142. The smallest absolute Gasteiger partial charge is 0.253 e. The number of nitrogens with two attached hydrogens (primary N) is 1. The van der Waals surface area contributed by atoms with Crippen molar-refractivity contribution >= 4 is 33.1 Å². The summed E-state index contributed by atoms with van der Waals surface area (Å²) < 4.78 is 27.0. The van der Waals surface area contributed by atoms with Gasteiger partial charge in [-0.15, -0.1) is 0 Å². The zero-order chi connectivity index (χ0) is 30.4. The van der Waals surface area contributed by atoms with Crippen molar-refractivity contribution in [3.63, 3.8) is 0 Å². The summed E-state index contributed by atoms with van der Waals surface area (Å²) in [6.45, 7) is 9.08. The van der Waals surface area contributed by atoms with Crippen molar-refractivity contribution in [2.24, 2.45) is 11.7 Å². The van der Waals surface area contributed by atoms with Crippen LogP contribution in [0.3, 0.4) is 0 Å². The summed E-state index contributed by atoms with van der Waals surface area (Å²) in [4.78, 5) is 36.2. The minimum atomic E-state index is -3.63. The molecule has 1 unspecified atom stereocenters. The minimum Gasteiger partial charge on any atom is -0.355 e. The molecule has 1 aromatic carbocycles. The van der Waals surface area contributed by atoms with Gasteiger partial charge in [0.25, 0.3) is 5.91 Å². The van der Waals surface area contributed by atoms with E-state index >= 15 is 0 Å². The highest BCUT2D eigenvalue weighted by Crippen LogP contribution is 2.40. The number of nitrogens with zero attached hydrogens (tertiary/aromatic N) is 5. The first-order valence-electron chi connectivity index (χ1n) is 14.5. The minimum absolute atomic E-state index is 0.0947. The summed E-state index contributed by atoms with van der Waals surface area (Å²) in [5, 5.41) is 7.62. The molecule has 2 aromatic heterocycles. The van der Waals surface area contributed by atoms with Crippen molar-refractivity contribution in [3.8, 4) is 0 Å². The first-order valence-corrected chi connectivity index (χ1v) is 16.4. The third-order valence-electron chi connectivity index (χ3n) is 8.38. The van der Waals surface area contributed by atoms with E-state index in [4.69, 9.17) is 15.8 Å². The van der Waals surface area contributed by atoms with E-state index in [0.29, 0.717) is 29.7 Å². The molecule has 0 bridgehead atoms. The number of fused-ring (bicyclic) bond motifs is 2. The Morgan fingerprint density at radius 3 is 2.67 bits per heavy atom. The average molecular weight is 596 g/mol. The molecule has 42 heavy (non-hydrogen) atoms. The van der Waals surface area contributed by atoms with Gasteiger partial charge in [-0.1, -0.05) is 38.1 Å². The molecular formula is C30H41N7O4S. The summed E-state index contributed by atoms with van der Waals surface area (Å²) in [5.74, 6) is -0.974. The first kappa shape index (κ1) is 30.0. The summed E-state index contributed by atoms with van der Waals surface area (Å²) in [6, 6.07) is 9.07. The van der Waals surface area contributed by atoms with Gasteiger partial charge >= 0.3 is 0 Å². The van der Waals surface area contributed by atoms with Gasteiger partial charge in [-0.2, -0.15) is 5.10 Å². The molecule has 3 aromatic rings. The lowest BCUT2D eigenvalue weighted by Crippen LogP contribution is -2.56. The molecule has 0 radical (unpaired) electrons. The fourth-order valence-corrected chi connectivity index (χ4v) is 7.86. The second-order valence-electron chi connectivity index (χ2n) is 12.3. The lowest BCUT2D eigenvalue weighted by atomic mass is 9.89. The molecule has 2 aliphatic rings. The summed E-state index contributed by atoms with van der Waals surface area (Å²) >= 11 is 0. The Balaban J connectivity index is 1.43. The number of hydrogen-bond donors (Lipinski definition) is 2. The predicted molar refractivity (Wildman–Crippen MR) is 162 cm³/mol. The van der Waals surface area contributed by atoms with E-state index in [-0.39, 0.29) is 23.6 Å². The van der Waals surface area contributed by atoms with Crippen LogP contribution in [-0.4, -0.2) is 77.4 Å². The van der Waals surface area contributed by atoms with E-state index in [0.717, 1.165) is 36.5 Å². The zero-order valence-corrected chi connectivity index (χ0v) is 25.8.